The number of para-hydroxylation sites is 1. The van der Waals surface area contributed by atoms with Crippen LogP contribution >= 0.6 is 0 Å². The van der Waals surface area contributed by atoms with Crippen molar-refractivity contribution in [2.24, 2.45) is 5.92 Å². The van der Waals surface area contributed by atoms with Crippen molar-refractivity contribution in [1.29, 1.82) is 0 Å². The molecule has 0 bridgehead atoms. The molecule has 2 aromatic carbocycles. The fourth-order valence-electron chi connectivity index (χ4n) is 4.93. The predicted molar refractivity (Wildman–Crippen MR) is 121 cm³/mol. The topological polar surface area (TPSA) is 62.2 Å². The maximum atomic E-state index is 13.3. The number of aromatic nitrogens is 2. The van der Waals surface area contributed by atoms with Crippen LogP contribution in [0.4, 0.5) is 0 Å². The number of hydrazine groups is 1. The highest BCUT2D eigenvalue weighted by Crippen LogP contribution is 2.31. The summed E-state index contributed by atoms with van der Waals surface area (Å²) in [6.07, 6.45) is 6.75. The highest BCUT2D eigenvalue weighted by molar-refractivity contribution is 5.82. The van der Waals surface area contributed by atoms with Crippen LogP contribution in [0.25, 0.3) is 16.9 Å². The molecule has 31 heavy (non-hydrogen) atoms. The molecule has 1 aliphatic carbocycles. The minimum Gasteiger partial charge on any atom is -0.340 e. The first-order valence-electron chi connectivity index (χ1n) is 11.2. The molecule has 1 amide bonds. The molecule has 160 valence electrons. The van der Waals surface area contributed by atoms with E-state index < -0.39 is 0 Å². The second-order valence-corrected chi connectivity index (χ2v) is 8.66. The normalized spacial score (nSPS) is 22.8. The van der Waals surface area contributed by atoms with Crippen LogP contribution in [0.15, 0.2) is 66.9 Å². The molecule has 1 aromatic heterocycles. The largest absolute Gasteiger partial charge is 0.340 e. The van der Waals surface area contributed by atoms with E-state index >= 15 is 0 Å². The third-order valence-electron chi connectivity index (χ3n) is 6.58. The first-order chi connectivity index (χ1) is 15.2. The van der Waals surface area contributed by atoms with Gasteiger partial charge in [0.2, 0.25) is 5.91 Å². The predicted octanol–water partition coefficient (Wildman–Crippen LogP) is 3.53. The van der Waals surface area contributed by atoms with E-state index in [1.165, 1.54) is 12.8 Å². The molecule has 1 saturated heterocycles. The van der Waals surface area contributed by atoms with Crippen molar-refractivity contribution in [3.63, 3.8) is 0 Å². The maximum absolute atomic E-state index is 13.3. The van der Waals surface area contributed by atoms with Gasteiger partial charge in [-0.25, -0.2) is 10.1 Å². The van der Waals surface area contributed by atoms with Crippen LogP contribution in [0.3, 0.4) is 0 Å². The van der Waals surface area contributed by atoms with E-state index in [4.69, 9.17) is 5.10 Å². The molecule has 0 spiro atoms. The lowest BCUT2D eigenvalue weighted by Crippen LogP contribution is -2.46. The second kappa shape index (κ2) is 8.65. The highest BCUT2D eigenvalue weighted by Gasteiger charge is 2.42. The summed E-state index contributed by atoms with van der Waals surface area (Å²) >= 11 is 0. The van der Waals surface area contributed by atoms with Gasteiger partial charge in [-0.1, -0.05) is 61.4 Å². The summed E-state index contributed by atoms with van der Waals surface area (Å²) in [4.78, 5) is 15.2. The van der Waals surface area contributed by atoms with Crippen molar-refractivity contribution >= 4 is 5.91 Å². The van der Waals surface area contributed by atoms with E-state index in [2.05, 4.69) is 23.0 Å². The van der Waals surface area contributed by atoms with E-state index in [1.807, 2.05) is 71.4 Å². The Balaban J connectivity index is 1.41. The number of fused-ring (bicyclic) bond motifs is 1. The van der Waals surface area contributed by atoms with Gasteiger partial charge in [-0.3, -0.25) is 10.2 Å². The summed E-state index contributed by atoms with van der Waals surface area (Å²) in [5, 5.41) is 4.88. The number of nitrogens with zero attached hydrogens (tertiary/aromatic N) is 3. The third kappa shape index (κ3) is 4.01. The minimum atomic E-state index is -0.153. The Kier molecular flexibility index (Phi) is 5.57. The van der Waals surface area contributed by atoms with Crippen molar-refractivity contribution in [1.82, 2.24) is 25.5 Å². The Hall–Kier alpha value is -2.96. The van der Waals surface area contributed by atoms with E-state index in [1.54, 1.807) is 0 Å². The molecule has 6 nitrogen and oxygen atoms in total. The fourth-order valence-corrected chi connectivity index (χ4v) is 4.93. The quantitative estimate of drug-likeness (QED) is 0.669. The van der Waals surface area contributed by atoms with Gasteiger partial charge in [0, 0.05) is 42.9 Å². The first-order valence-corrected chi connectivity index (χ1v) is 11.2. The van der Waals surface area contributed by atoms with Gasteiger partial charge in [0.05, 0.1) is 11.4 Å². The Morgan fingerprint density at radius 3 is 2.52 bits per heavy atom. The molecule has 2 heterocycles. The molecule has 3 atom stereocenters. The Morgan fingerprint density at radius 2 is 1.74 bits per heavy atom. The van der Waals surface area contributed by atoms with E-state index in [0.29, 0.717) is 18.5 Å². The van der Waals surface area contributed by atoms with Crippen LogP contribution in [0.5, 0.6) is 0 Å². The van der Waals surface area contributed by atoms with Crippen LogP contribution in [0.1, 0.15) is 31.2 Å². The SMILES string of the molecule is CN(Cc1cn(-c2ccccc2)nc1-c1ccccc1)C(=O)C1NNC2CCCCC21. The zero-order chi connectivity index (χ0) is 21.2. The monoisotopic (exact) mass is 415 g/mol. The first kappa shape index (κ1) is 20.0. The summed E-state index contributed by atoms with van der Waals surface area (Å²) in [6, 6.07) is 20.5. The zero-order valence-electron chi connectivity index (χ0n) is 17.9. The number of rotatable bonds is 5. The number of benzene rings is 2. The Morgan fingerprint density at radius 1 is 1.03 bits per heavy atom. The third-order valence-corrected chi connectivity index (χ3v) is 6.58. The molecule has 0 radical (unpaired) electrons. The minimum absolute atomic E-state index is 0.147. The number of likely N-dealkylation sites (N-methyl/N-ethyl adjacent to an activating group) is 1. The van der Waals surface area contributed by atoms with Crippen LogP contribution in [-0.4, -0.2) is 39.7 Å². The summed E-state index contributed by atoms with van der Waals surface area (Å²) in [7, 11) is 1.90. The van der Waals surface area contributed by atoms with Gasteiger partial charge >= 0.3 is 0 Å². The average Bonchev–Trinajstić information content (AvgIpc) is 3.44. The van der Waals surface area contributed by atoms with Gasteiger partial charge in [-0.15, -0.1) is 0 Å². The molecule has 5 rings (SSSR count). The molecule has 6 heteroatoms. The van der Waals surface area contributed by atoms with Crippen LogP contribution in [-0.2, 0) is 11.3 Å². The Labute approximate surface area is 183 Å². The number of hydrogen-bond donors (Lipinski definition) is 2. The van der Waals surface area contributed by atoms with Gasteiger partial charge in [0.1, 0.15) is 6.04 Å². The summed E-state index contributed by atoms with van der Waals surface area (Å²) in [5.41, 5.74) is 10.7. The van der Waals surface area contributed by atoms with Crippen LogP contribution in [0, 0.1) is 5.92 Å². The van der Waals surface area contributed by atoms with E-state index in [9.17, 15) is 4.79 Å². The van der Waals surface area contributed by atoms with Crippen LogP contribution in [0.2, 0.25) is 0 Å². The maximum Gasteiger partial charge on any atom is 0.241 e. The molecule has 2 aliphatic rings. The molecule has 2 N–H and O–H groups in total. The van der Waals surface area contributed by atoms with E-state index in [0.717, 1.165) is 35.3 Å². The smallest absolute Gasteiger partial charge is 0.241 e. The molecule has 1 saturated carbocycles. The second-order valence-electron chi connectivity index (χ2n) is 8.66. The van der Waals surface area contributed by atoms with Gasteiger partial charge in [0.25, 0.3) is 0 Å². The molecule has 3 unspecified atom stereocenters. The van der Waals surface area contributed by atoms with Crippen molar-refractivity contribution < 1.29 is 4.79 Å². The molecular formula is C25H29N5O. The van der Waals surface area contributed by atoms with Gasteiger partial charge < -0.3 is 4.90 Å². The molecule has 1 aliphatic heterocycles. The standard InChI is InChI=1S/C25H29N5O/c1-29(25(31)24-21-14-8-9-15-22(21)26-27-24)16-19-17-30(20-12-6-3-7-13-20)28-23(19)18-10-4-2-5-11-18/h2-7,10-13,17,21-22,24,26-27H,8-9,14-16H2,1H3. The number of carbonyl (C=O) groups excluding carboxylic acids is 1. The van der Waals surface area contributed by atoms with Crippen LogP contribution < -0.4 is 10.9 Å². The van der Waals surface area contributed by atoms with Crippen molar-refractivity contribution in [2.75, 3.05) is 7.05 Å². The number of nitrogens with one attached hydrogen (secondary N) is 2. The van der Waals surface area contributed by atoms with E-state index in [-0.39, 0.29) is 11.9 Å². The molecule has 3 aromatic rings. The summed E-state index contributed by atoms with van der Waals surface area (Å²) < 4.78 is 1.91. The summed E-state index contributed by atoms with van der Waals surface area (Å²) in [5.74, 6) is 0.526. The lowest BCUT2D eigenvalue weighted by Gasteiger charge is -2.29. The molecule has 2 fully saturated rings. The molecular weight excluding hydrogens is 386 g/mol. The number of carbonyl (C=O) groups is 1. The van der Waals surface area contributed by atoms with Gasteiger partial charge in [-0.2, -0.15) is 5.10 Å². The van der Waals surface area contributed by atoms with Crippen molar-refractivity contribution in [2.45, 2.75) is 44.3 Å². The highest BCUT2D eigenvalue weighted by atomic mass is 16.2. The number of hydrogen-bond acceptors (Lipinski definition) is 4. The summed E-state index contributed by atoms with van der Waals surface area (Å²) in [6.45, 7) is 0.519. The van der Waals surface area contributed by atoms with Gasteiger partial charge in [0.15, 0.2) is 0 Å². The fraction of sp³-hybridized carbons (Fsp3) is 0.360. The lowest BCUT2D eigenvalue weighted by atomic mass is 9.81. The van der Waals surface area contributed by atoms with Gasteiger partial charge in [-0.05, 0) is 25.0 Å². The average molecular weight is 416 g/mol. The number of amides is 1. The zero-order valence-corrected chi connectivity index (χ0v) is 17.9. The Bertz CT molecular complexity index is 1030. The van der Waals surface area contributed by atoms with Crippen molar-refractivity contribution in [3.8, 4) is 16.9 Å². The van der Waals surface area contributed by atoms with Crippen molar-refractivity contribution in [3.05, 3.63) is 72.4 Å². The lowest BCUT2D eigenvalue weighted by molar-refractivity contribution is -0.133.